The van der Waals surface area contributed by atoms with Crippen molar-refractivity contribution in [2.75, 3.05) is 6.54 Å². The molecule has 12 heteroatoms. The van der Waals surface area contributed by atoms with Gasteiger partial charge in [-0.05, 0) is 49.8 Å². The molecule has 2 saturated heterocycles. The third-order valence-corrected chi connectivity index (χ3v) is 7.53. The third kappa shape index (κ3) is 7.06. The topological polar surface area (TPSA) is 72.9 Å². The molecule has 1 aliphatic carbocycles. The van der Waals surface area contributed by atoms with E-state index in [-0.39, 0.29) is 64.3 Å². The fraction of sp³-hybridized carbons (Fsp3) is 0.536. The zero-order valence-electron chi connectivity index (χ0n) is 23.6. The van der Waals surface area contributed by atoms with Gasteiger partial charge in [0, 0.05) is 35.8 Å². The Morgan fingerprint density at radius 2 is 1.70 bits per heavy atom. The van der Waals surface area contributed by atoms with Crippen molar-refractivity contribution in [3.8, 4) is 0 Å². The number of allylic oxidation sites excluding steroid dienone is 1. The number of carbonyl (C=O) groups is 1. The number of amides is 1. The number of alkyl halides is 2. The van der Waals surface area contributed by atoms with Crippen molar-refractivity contribution in [2.45, 2.75) is 78.2 Å². The van der Waals surface area contributed by atoms with Crippen LogP contribution in [0.3, 0.4) is 0 Å². The number of hydrazine groups is 1. The van der Waals surface area contributed by atoms with Crippen LogP contribution in [0.5, 0.6) is 0 Å². The van der Waals surface area contributed by atoms with Crippen molar-refractivity contribution in [3.05, 3.63) is 53.9 Å². The van der Waals surface area contributed by atoms with Crippen LogP contribution in [0.15, 0.2) is 53.3 Å². The molecule has 7 rings (SSSR count). The largest absolute Gasteiger partial charge is 0.335 e. The van der Waals surface area contributed by atoms with E-state index in [1.165, 1.54) is 0 Å². The van der Waals surface area contributed by atoms with Gasteiger partial charge in [-0.25, -0.2) is 13.8 Å². The summed E-state index contributed by atoms with van der Waals surface area (Å²) in [6, 6.07) is 8.69. The van der Waals surface area contributed by atoms with Gasteiger partial charge in [0.1, 0.15) is 6.34 Å². The summed E-state index contributed by atoms with van der Waals surface area (Å²) in [6.07, 6.45) is 5.53. The predicted molar refractivity (Wildman–Crippen MR) is 174 cm³/mol. The highest BCUT2D eigenvalue weighted by atomic mass is 32.1. The normalized spacial score (nSPS) is 25.8. The number of para-hydroxylation sites is 1. The molecule has 2 aromatic rings. The van der Waals surface area contributed by atoms with Crippen LogP contribution in [0.1, 0.15) is 63.7 Å². The molecule has 7 nitrogen and oxygen atoms in total. The van der Waals surface area contributed by atoms with E-state index < -0.39 is 18.8 Å². The van der Waals surface area contributed by atoms with Crippen LogP contribution < -0.4 is 10.7 Å². The Labute approximate surface area is 257 Å². The van der Waals surface area contributed by atoms with Gasteiger partial charge in [-0.3, -0.25) is 25.5 Å². The number of aliphatic imine (C=N–C) groups is 1. The maximum Gasteiger partial charge on any atom is 0.257 e. The maximum atomic E-state index is 13.7. The van der Waals surface area contributed by atoms with Gasteiger partial charge in [0.2, 0.25) is 0 Å². The number of carbonyl (C=O) groups excluding carboxylic acids is 1. The van der Waals surface area contributed by atoms with Crippen LogP contribution >= 0.6 is 40.5 Å². The molecular formula is C28H44F2N6OS3. The average Bonchev–Trinajstić information content (AvgIpc) is 3.26. The number of halogens is 2. The van der Waals surface area contributed by atoms with Gasteiger partial charge in [-0.2, -0.15) is 40.5 Å². The molecule has 5 heterocycles. The van der Waals surface area contributed by atoms with E-state index in [1.807, 2.05) is 67.9 Å². The molecule has 5 aliphatic rings. The number of benzene rings is 1. The molecule has 2 unspecified atom stereocenters. The smallest absolute Gasteiger partial charge is 0.257 e. The zero-order chi connectivity index (χ0) is 26.5. The Kier molecular flexibility index (Phi) is 14.8. The molecule has 0 radical (unpaired) electrons. The molecule has 1 saturated carbocycles. The van der Waals surface area contributed by atoms with Crippen LogP contribution in [-0.2, 0) is 0 Å². The quantitative estimate of drug-likeness (QED) is 0.477. The molecule has 1 amide bonds. The van der Waals surface area contributed by atoms with E-state index in [4.69, 9.17) is 0 Å². The van der Waals surface area contributed by atoms with Crippen molar-refractivity contribution in [3.63, 3.8) is 0 Å². The number of fused-ring (bicyclic) bond motifs is 6. The van der Waals surface area contributed by atoms with Crippen molar-refractivity contribution in [1.29, 1.82) is 0 Å². The second-order valence-corrected chi connectivity index (χ2v) is 9.28. The van der Waals surface area contributed by atoms with Crippen molar-refractivity contribution in [1.82, 2.24) is 25.6 Å². The van der Waals surface area contributed by atoms with Gasteiger partial charge in [0.05, 0.1) is 17.1 Å². The number of hydrogen-bond donors (Lipinski definition) is 2. The average molecular weight is 615 g/mol. The summed E-state index contributed by atoms with van der Waals surface area (Å²) in [7, 11) is 0. The third-order valence-electron chi connectivity index (χ3n) is 7.53. The van der Waals surface area contributed by atoms with Gasteiger partial charge < -0.3 is 4.90 Å². The number of aromatic nitrogens is 1. The Balaban J connectivity index is 0.00000110. The van der Waals surface area contributed by atoms with Crippen LogP contribution in [-0.4, -0.2) is 58.5 Å². The molecule has 1 aromatic carbocycles. The highest BCUT2D eigenvalue weighted by Gasteiger charge is 2.45. The van der Waals surface area contributed by atoms with Gasteiger partial charge in [0.15, 0.2) is 6.29 Å². The number of nitrogens with one attached hydrogen (secondary N) is 2. The lowest BCUT2D eigenvalue weighted by Crippen LogP contribution is -2.56. The molecule has 1 aromatic heterocycles. The summed E-state index contributed by atoms with van der Waals surface area (Å²) >= 11 is 0. The predicted octanol–water partition coefficient (Wildman–Crippen LogP) is 5.51. The minimum absolute atomic E-state index is 0. The van der Waals surface area contributed by atoms with Crippen LogP contribution in [0.25, 0.3) is 10.9 Å². The van der Waals surface area contributed by atoms with E-state index in [0.29, 0.717) is 12.1 Å². The highest BCUT2D eigenvalue weighted by Crippen LogP contribution is 2.43. The van der Waals surface area contributed by atoms with E-state index in [2.05, 4.69) is 20.7 Å². The van der Waals surface area contributed by atoms with Crippen molar-refractivity contribution < 1.29 is 13.6 Å². The van der Waals surface area contributed by atoms with Gasteiger partial charge >= 0.3 is 0 Å². The number of hydrogen-bond acceptors (Lipinski definition) is 6. The van der Waals surface area contributed by atoms with Crippen molar-refractivity contribution in [2.24, 2.45) is 16.8 Å². The Bertz CT molecular complexity index is 1150. The highest BCUT2D eigenvalue weighted by molar-refractivity contribution is 7.59. The molecule has 3 fully saturated rings. The molecule has 0 spiro atoms. The molecule has 5 atom stereocenters. The summed E-state index contributed by atoms with van der Waals surface area (Å²) < 4.78 is 27.2. The monoisotopic (exact) mass is 614 g/mol. The Morgan fingerprint density at radius 1 is 1.00 bits per heavy atom. The molecule has 224 valence electrons. The van der Waals surface area contributed by atoms with Crippen LogP contribution in [0, 0.1) is 11.8 Å². The molecule has 40 heavy (non-hydrogen) atoms. The lowest BCUT2D eigenvalue weighted by molar-refractivity contribution is 0.0511. The lowest BCUT2D eigenvalue weighted by atomic mass is 9.82. The summed E-state index contributed by atoms with van der Waals surface area (Å²) in [5.74, 6) is 0.319. The first-order valence-corrected chi connectivity index (χ1v) is 13.6. The zero-order valence-corrected chi connectivity index (χ0v) is 26.6. The summed E-state index contributed by atoms with van der Waals surface area (Å²) in [4.78, 5) is 24.4. The second kappa shape index (κ2) is 16.4. The van der Waals surface area contributed by atoms with E-state index in [0.717, 1.165) is 42.3 Å². The van der Waals surface area contributed by atoms with E-state index in [1.54, 1.807) is 18.6 Å². The van der Waals surface area contributed by atoms with Crippen LogP contribution in [0.4, 0.5) is 8.78 Å². The van der Waals surface area contributed by atoms with Gasteiger partial charge in [0.25, 0.3) is 12.3 Å². The molecule has 2 N–H and O–H groups in total. The Hall–Kier alpha value is -2.02. The summed E-state index contributed by atoms with van der Waals surface area (Å²) in [6.45, 7) is 8.63. The van der Waals surface area contributed by atoms with E-state index in [9.17, 15) is 13.6 Å². The number of pyridine rings is 1. The first-order valence-electron chi connectivity index (χ1n) is 13.6. The lowest BCUT2D eigenvalue weighted by Gasteiger charge is -2.42. The maximum absolute atomic E-state index is 13.7. The van der Waals surface area contributed by atoms with Gasteiger partial charge in [-0.15, -0.1) is 0 Å². The Morgan fingerprint density at radius 3 is 2.42 bits per heavy atom. The minimum Gasteiger partial charge on any atom is -0.335 e. The second-order valence-electron chi connectivity index (χ2n) is 9.28. The first-order chi connectivity index (χ1) is 18.1. The first kappa shape index (κ1) is 36.0. The number of nitrogens with zero attached hydrogens (tertiary/aromatic N) is 4. The molecule has 4 aliphatic heterocycles. The SMILES string of the molecule is CC.CC.O=C(c1cccc2cccnc12)N1C[C@@H]2CC[C@@H]1CC[C@@H]2C1=CC(C(F)F)NC2N=CNN12.S.S.S. The van der Waals surface area contributed by atoms with Crippen molar-refractivity contribution >= 4 is 63.6 Å². The number of rotatable bonds is 3. The fourth-order valence-electron chi connectivity index (χ4n) is 5.93. The molecule has 2 bridgehead atoms. The minimum atomic E-state index is -2.50. The fourth-order valence-corrected chi connectivity index (χ4v) is 5.93. The summed E-state index contributed by atoms with van der Waals surface area (Å²) in [5, 5.41) is 5.69. The van der Waals surface area contributed by atoms with E-state index >= 15 is 0 Å². The van der Waals surface area contributed by atoms with Gasteiger partial charge in [-0.1, -0.05) is 45.9 Å². The van der Waals surface area contributed by atoms with Crippen LogP contribution in [0.2, 0.25) is 0 Å². The molecular weight excluding hydrogens is 571 g/mol. The summed E-state index contributed by atoms with van der Waals surface area (Å²) in [5.41, 5.74) is 5.33. The standard InChI is InChI=1S/C24H26F2N6O.2C2H6.3H2S/c25-22(26)19-11-20(32-24(30-19)28-13-29-32)17-9-8-16-7-6-15(17)12-31(16)23(33)18-5-1-3-14-4-2-10-27-21(14)18;2*1-2;;;/h1-5,10-11,13,15-17,19,22,24,30H,6-9,12H2,(H,28,29);2*1-2H3;3*1H2/t15-,16+,17-,19?,24?;;;;;/m0...../s1. The number of piperidine rings is 1.